The zero-order chi connectivity index (χ0) is 14.2. The van der Waals surface area contributed by atoms with Gasteiger partial charge in [0.2, 0.25) is 0 Å². The van der Waals surface area contributed by atoms with Crippen LogP contribution in [0.3, 0.4) is 0 Å². The van der Waals surface area contributed by atoms with Crippen molar-refractivity contribution in [3.05, 3.63) is 11.3 Å². The van der Waals surface area contributed by atoms with E-state index in [0.717, 1.165) is 25.7 Å². The number of ether oxygens (including phenoxy) is 1. The highest BCUT2D eigenvalue weighted by Gasteiger charge is 2.33. The molecule has 0 spiro atoms. The molecule has 20 heavy (non-hydrogen) atoms. The third-order valence-corrected chi connectivity index (χ3v) is 6.60. The van der Waals surface area contributed by atoms with Crippen LogP contribution in [0.4, 0.5) is 0 Å². The molecule has 0 amide bonds. The lowest BCUT2D eigenvalue weighted by molar-refractivity contribution is 0.210. The largest absolute Gasteiger partial charge is 0.486 e. The number of rotatable bonds is 3. The van der Waals surface area contributed by atoms with E-state index in [-0.39, 0.29) is 11.9 Å². The highest BCUT2D eigenvalue weighted by atomic mass is 35.5. The summed E-state index contributed by atoms with van der Waals surface area (Å²) in [6.45, 7) is 0. The van der Waals surface area contributed by atoms with E-state index in [2.05, 4.69) is 5.10 Å². The highest BCUT2D eigenvalue weighted by molar-refractivity contribution is 7.91. The van der Waals surface area contributed by atoms with Gasteiger partial charge < -0.3 is 4.74 Å². The van der Waals surface area contributed by atoms with Gasteiger partial charge in [-0.3, -0.25) is 0 Å². The SMILES string of the molecule is O=S1(=O)CCCCC1n1ncc(OC2CCCC2)c1Cl. The first-order chi connectivity index (χ1) is 9.58. The van der Waals surface area contributed by atoms with Crippen molar-refractivity contribution in [3.8, 4) is 5.75 Å². The second-order valence-electron chi connectivity index (χ2n) is 5.59. The van der Waals surface area contributed by atoms with Gasteiger partial charge in [0, 0.05) is 0 Å². The van der Waals surface area contributed by atoms with Gasteiger partial charge in [-0.2, -0.15) is 5.10 Å². The van der Waals surface area contributed by atoms with E-state index in [1.54, 1.807) is 6.20 Å². The maximum absolute atomic E-state index is 12.1. The van der Waals surface area contributed by atoms with Crippen LogP contribution < -0.4 is 4.74 Å². The van der Waals surface area contributed by atoms with Gasteiger partial charge in [-0.25, -0.2) is 13.1 Å². The molecule has 5 nitrogen and oxygen atoms in total. The van der Waals surface area contributed by atoms with E-state index in [0.29, 0.717) is 17.3 Å². The van der Waals surface area contributed by atoms with E-state index in [4.69, 9.17) is 16.3 Å². The summed E-state index contributed by atoms with van der Waals surface area (Å²) in [6.07, 6.45) is 8.33. The lowest BCUT2D eigenvalue weighted by atomic mass is 10.2. The summed E-state index contributed by atoms with van der Waals surface area (Å²) in [5.41, 5.74) is 0. The Kier molecular flexibility index (Phi) is 3.95. The molecule has 0 N–H and O–H groups in total. The van der Waals surface area contributed by atoms with Gasteiger partial charge in [0.1, 0.15) is 0 Å². The van der Waals surface area contributed by atoms with Crippen LogP contribution >= 0.6 is 11.6 Å². The van der Waals surface area contributed by atoms with Crippen LogP contribution in [-0.4, -0.2) is 30.1 Å². The van der Waals surface area contributed by atoms with Gasteiger partial charge >= 0.3 is 0 Å². The van der Waals surface area contributed by atoms with Crippen molar-refractivity contribution in [2.24, 2.45) is 0 Å². The van der Waals surface area contributed by atoms with E-state index in [1.165, 1.54) is 17.5 Å². The van der Waals surface area contributed by atoms with Gasteiger partial charge in [0.15, 0.2) is 26.1 Å². The van der Waals surface area contributed by atoms with E-state index in [1.807, 2.05) is 0 Å². The Morgan fingerprint density at radius 3 is 2.60 bits per heavy atom. The smallest absolute Gasteiger partial charge is 0.176 e. The molecule has 1 aromatic heterocycles. The standard InChI is InChI=1S/C13H19ClN2O3S/c14-13-11(19-10-5-1-2-6-10)9-15-16(13)12-7-3-4-8-20(12,17)18/h9-10,12H,1-8H2. The summed E-state index contributed by atoms with van der Waals surface area (Å²) in [7, 11) is -3.15. The normalized spacial score (nSPS) is 26.8. The predicted octanol–water partition coefficient (Wildman–Crippen LogP) is 2.96. The van der Waals surface area contributed by atoms with Crippen LogP contribution in [0.15, 0.2) is 6.20 Å². The number of hydrogen-bond donors (Lipinski definition) is 0. The minimum atomic E-state index is -3.15. The molecule has 0 aromatic carbocycles. The van der Waals surface area contributed by atoms with Crippen molar-refractivity contribution in [2.75, 3.05) is 5.75 Å². The van der Waals surface area contributed by atoms with Gasteiger partial charge in [-0.15, -0.1) is 0 Å². The Bertz CT molecular complexity index is 578. The van der Waals surface area contributed by atoms with Gasteiger partial charge in [-0.1, -0.05) is 11.6 Å². The Morgan fingerprint density at radius 1 is 1.20 bits per heavy atom. The van der Waals surface area contributed by atoms with Crippen LogP contribution in [0.5, 0.6) is 5.75 Å². The molecule has 0 radical (unpaired) electrons. The zero-order valence-electron chi connectivity index (χ0n) is 11.3. The lowest BCUT2D eigenvalue weighted by Crippen LogP contribution is -2.27. The van der Waals surface area contributed by atoms with Crippen molar-refractivity contribution in [2.45, 2.75) is 56.4 Å². The Balaban J connectivity index is 1.82. The van der Waals surface area contributed by atoms with Gasteiger partial charge in [-0.05, 0) is 44.9 Å². The maximum Gasteiger partial charge on any atom is 0.176 e. The van der Waals surface area contributed by atoms with Crippen LogP contribution in [0.25, 0.3) is 0 Å². The lowest BCUT2D eigenvalue weighted by Gasteiger charge is -2.23. The number of aromatic nitrogens is 2. The molecular weight excluding hydrogens is 300 g/mol. The molecule has 1 aliphatic carbocycles. The molecular formula is C13H19ClN2O3S. The molecule has 1 aliphatic heterocycles. The van der Waals surface area contributed by atoms with Crippen molar-refractivity contribution in [3.63, 3.8) is 0 Å². The first kappa shape index (κ1) is 14.2. The fourth-order valence-electron chi connectivity index (χ4n) is 3.01. The molecule has 1 atom stereocenters. The minimum absolute atomic E-state index is 0.188. The Hall–Kier alpha value is -0.750. The third-order valence-electron chi connectivity index (χ3n) is 4.12. The average Bonchev–Trinajstić information content (AvgIpc) is 3.02. The van der Waals surface area contributed by atoms with Gasteiger partial charge in [0.25, 0.3) is 0 Å². The average molecular weight is 319 g/mol. The Morgan fingerprint density at radius 2 is 1.90 bits per heavy atom. The topological polar surface area (TPSA) is 61.2 Å². The molecule has 112 valence electrons. The third kappa shape index (κ3) is 2.68. The van der Waals surface area contributed by atoms with E-state index >= 15 is 0 Å². The summed E-state index contributed by atoms with van der Waals surface area (Å²) in [5.74, 6) is 0.728. The second-order valence-corrected chi connectivity index (χ2v) is 8.22. The monoisotopic (exact) mass is 318 g/mol. The molecule has 1 saturated heterocycles. The molecule has 3 rings (SSSR count). The molecule has 7 heteroatoms. The summed E-state index contributed by atoms with van der Waals surface area (Å²) in [6, 6.07) is 0. The van der Waals surface area contributed by atoms with Crippen LogP contribution in [0, 0.1) is 0 Å². The van der Waals surface area contributed by atoms with E-state index < -0.39 is 15.2 Å². The molecule has 0 bridgehead atoms. The maximum atomic E-state index is 12.1. The van der Waals surface area contributed by atoms with Gasteiger partial charge in [0.05, 0.1) is 18.1 Å². The van der Waals surface area contributed by atoms with E-state index in [9.17, 15) is 8.42 Å². The van der Waals surface area contributed by atoms with Crippen LogP contribution in [0.1, 0.15) is 50.3 Å². The zero-order valence-corrected chi connectivity index (χ0v) is 12.9. The first-order valence-corrected chi connectivity index (χ1v) is 9.28. The summed E-state index contributed by atoms with van der Waals surface area (Å²) in [4.78, 5) is 0. The molecule has 2 aliphatic rings. The second kappa shape index (κ2) is 5.56. The fourth-order valence-corrected chi connectivity index (χ4v) is 5.19. The van der Waals surface area contributed by atoms with Crippen molar-refractivity contribution in [1.29, 1.82) is 0 Å². The molecule has 2 fully saturated rings. The summed E-state index contributed by atoms with van der Waals surface area (Å²) in [5, 5.41) is 3.84. The summed E-state index contributed by atoms with van der Waals surface area (Å²) < 4.78 is 31.5. The number of hydrogen-bond acceptors (Lipinski definition) is 4. The number of sulfone groups is 1. The highest BCUT2D eigenvalue weighted by Crippen LogP contribution is 2.36. The van der Waals surface area contributed by atoms with Crippen molar-refractivity contribution < 1.29 is 13.2 Å². The first-order valence-electron chi connectivity index (χ1n) is 7.19. The Labute approximate surface area is 124 Å². The molecule has 2 heterocycles. The van der Waals surface area contributed by atoms with Crippen LogP contribution in [0.2, 0.25) is 5.15 Å². The molecule has 1 unspecified atom stereocenters. The molecule has 1 aromatic rings. The fraction of sp³-hybridized carbons (Fsp3) is 0.769. The van der Waals surface area contributed by atoms with Crippen molar-refractivity contribution in [1.82, 2.24) is 9.78 Å². The van der Waals surface area contributed by atoms with Crippen LogP contribution in [-0.2, 0) is 9.84 Å². The quantitative estimate of drug-likeness (QED) is 0.859. The predicted molar refractivity (Wildman–Crippen MR) is 76.8 cm³/mol. The summed E-state index contributed by atoms with van der Waals surface area (Å²) >= 11 is 6.27. The number of halogens is 1. The van der Waals surface area contributed by atoms with Crippen molar-refractivity contribution >= 4 is 21.4 Å². The molecule has 1 saturated carbocycles. The minimum Gasteiger partial charge on any atom is -0.486 e. The number of nitrogens with zero attached hydrogens (tertiary/aromatic N) is 2.